The van der Waals surface area contributed by atoms with Crippen LogP contribution in [-0.4, -0.2) is 30.3 Å². The predicted molar refractivity (Wildman–Crippen MR) is 70.4 cm³/mol. The SMILES string of the molecule is Cc1cc(C(=O)CN2CCCCCC2)ccc1F. The van der Waals surface area contributed by atoms with Crippen molar-refractivity contribution in [1.82, 2.24) is 4.90 Å². The number of ketones is 1. The first kappa shape index (κ1) is 13.2. The second-order valence-electron chi connectivity index (χ2n) is 5.08. The number of carbonyl (C=O) groups excluding carboxylic acids is 1. The second kappa shape index (κ2) is 6.10. The van der Waals surface area contributed by atoms with Crippen LogP contribution in [0.1, 0.15) is 41.6 Å². The Morgan fingerprint density at radius 1 is 1.22 bits per heavy atom. The van der Waals surface area contributed by atoms with Crippen molar-refractivity contribution < 1.29 is 9.18 Å². The van der Waals surface area contributed by atoms with Crippen molar-refractivity contribution in [2.45, 2.75) is 32.6 Å². The standard InChI is InChI=1S/C15H20FNO/c1-12-10-13(6-7-14(12)16)15(18)11-17-8-4-2-3-5-9-17/h6-7,10H,2-5,8-9,11H2,1H3. The van der Waals surface area contributed by atoms with Crippen molar-refractivity contribution in [2.24, 2.45) is 0 Å². The zero-order valence-electron chi connectivity index (χ0n) is 10.9. The summed E-state index contributed by atoms with van der Waals surface area (Å²) in [6.45, 7) is 4.17. The zero-order chi connectivity index (χ0) is 13.0. The normalized spacial score (nSPS) is 17.4. The average molecular weight is 249 g/mol. The summed E-state index contributed by atoms with van der Waals surface area (Å²) < 4.78 is 13.2. The highest BCUT2D eigenvalue weighted by atomic mass is 19.1. The molecule has 1 aromatic rings. The Morgan fingerprint density at radius 2 is 1.89 bits per heavy atom. The highest BCUT2D eigenvalue weighted by Crippen LogP contribution is 2.13. The van der Waals surface area contributed by atoms with Gasteiger partial charge in [-0.15, -0.1) is 0 Å². The van der Waals surface area contributed by atoms with Crippen LogP contribution in [0.5, 0.6) is 0 Å². The first-order chi connectivity index (χ1) is 8.66. The van der Waals surface area contributed by atoms with Crippen LogP contribution in [0.25, 0.3) is 0 Å². The zero-order valence-corrected chi connectivity index (χ0v) is 10.9. The molecule has 1 aromatic carbocycles. The van der Waals surface area contributed by atoms with E-state index < -0.39 is 0 Å². The average Bonchev–Trinajstić information content (AvgIpc) is 2.61. The molecule has 2 nitrogen and oxygen atoms in total. The molecular weight excluding hydrogens is 229 g/mol. The largest absolute Gasteiger partial charge is 0.296 e. The van der Waals surface area contributed by atoms with Crippen LogP contribution in [-0.2, 0) is 0 Å². The number of benzene rings is 1. The minimum atomic E-state index is -0.249. The van der Waals surface area contributed by atoms with Gasteiger partial charge in [0.25, 0.3) is 0 Å². The number of Topliss-reactive ketones (excluding diaryl/α,β-unsaturated/α-hetero) is 1. The van der Waals surface area contributed by atoms with Crippen LogP contribution in [0, 0.1) is 12.7 Å². The molecule has 0 radical (unpaired) electrons. The molecule has 0 amide bonds. The molecule has 0 N–H and O–H groups in total. The van der Waals surface area contributed by atoms with Crippen molar-refractivity contribution >= 4 is 5.78 Å². The lowest BCUT2D eigenvalue weighted by Gasteiger charge is -2.18. The first-order valence-corrected chi connectivity index (χ1v) is 6.68. The van der Waals surface area contributed by atoms with Gasteiger partial charge in [-0.05, 0) is 56.6 Å². The van der Waals surface area contributed by atoms with Gasteiger partial charge in [-0.3, -0.25) is 9.69 Å². The minimum absolute atomic E-state index is 0.0972. The van der Waals surface area contributed by atoms with E-state index in [2.05, 4.69) is 4.90 Å². The summed E-state index contributed by atoms with van der Waals surface area (Å²) in [5, 5.41) is 0. The molecule has 98 valence electrons. The van der Waals surface area contributed by atoms with Gasteiger partial charge in [-0.2, -0.15) is 0 Å². The Kier molecular flexibility index (Phi) is 4.48. The maximum absolute atomic E-state index is 13.2. The van der Waals surface area contributed by atoms with E-state index in [0.29, 0.717) is 17.7 Å². The van der Waals surface area contributed by atoms with Crippen molar-refractivity contribution in [3.63, 3.8) is 0 Å². The number of rotatable bonds is 3. The molecule has 18 heavy (non-hydrogen) atoms. The number of hydrogen-bond donors (Lipinski definition) is 0. The Bertz CT molecular complexity index is 423. The lowest BCUT2D eigenvalue weighted by atomic mass is 10.1. The van der Waals surface area contributed by atoms with Crippen LogP contribution in [0.4, 0.5) is 4.39 Å². The highest BCUT2D eigenvalue weighted by molar-refractivity contribution is 5.97. The molecule has 0 aliphatic carbocycles. The van der Waals surface area contributed by atoms with Crippen molar-refractivity contribution in [1.29, 1.82) is 0 Å². The van der Waals surface area contributed by atoms with E-state index in [1.807, 2.05) is 0 Å². The fourth-order valence-corrected chi connectivity index (χ4v) is 2.41. The van der Waals surface area contributed by atoms with Crippen molar-refractivity contribution in [3.05, 3.63) is 35.1 Å². The molecule has 0 spiro atoms. The molecule has 0 atom stereocenters. The lowest BCUT2D eigenvalue weighted by molar-refractivity contribution is 0.0933. The third-order valence-corrected chi connectivity index (χ3v) is 3.55. The summed E-state index contributed by atoms with van der Waals surface area (Å²) in [5.74, 6) is -0.152. The summed E-state index contributed by atoms with van der Waals surface area (Å²) in [6, 6.07) is 4.61. The number of hydrogen-bond acceptors (Lipinski definition) is 2. The van der Waals surface area contributed by atoms with Crippen LogP contribution in [0.3, 0.4) is 0 Å². The number of likely N-dealkylation sites (tertiary alicyclic amines) is 1. The van der Waals surface area contributed by atoms with Gasteiger partial charge in [-0.25, -0.2) is 4.39 Å². The molecule has 2 rings (SSSR count). The van der Waals surface area contributed by atoms with Crippen molar-refractivity contribution in [3.8, 4) is 0 Å². The molecule has 0 bridgehead atoms. The summed E-state index contributed by atoms with van der Waals surface area (Å²) >= 11 is 0. The van der Waals surface area contributed by atoms with E-state index in [1.165, 1.54) is 31.7 Å². The van der Waals surface area contributed by atoms with Crippen LogP contribution >= 0.6 is 0 Å². The Morgan fingerprint density at radius 3 is 2.50 bits per heavy atom. The molecule has 1 saturated heterocycles. The minimum Gasteiger partial charge on any atom is -0.296 e. The number of carbonyl (C=O) groups is 1. The molecular formula is C15H20FNO. The first-order valence-electron chi connectivity index (χ1n) is 6.68. The van der Waals surface area contributed by atoms with E-state index in [0.717, 1.165) is 13.1 Å². The highest BCUT2D eigenvalue weighted by Gasteiger charge is 2.14. The van der Waals surface area contributed by atoms with Gasteiger partial charge in [-0.1, -0.05) is 12.8 Å². The third-order valence-electron chi connectivity index (χ3n) is 3.55. The number of aryl methyl sites for hydroxylation is 1. The third kappa shape index (κ3) is 3.39. The van der Waals surface area contributed by atoms with Crippen LogP contribution in [0.15, 0.2) is 18.2 Å². The maximum atomic E-state index is 13.2. The maximum Gasteiger partial charge on any atom is 0.176 e. The quantitative estimate of drug-likeness (QED) is 0.767. The Labute approximate surface area is 108 Å². The van der Waals surface area contributed by atoms with Gasteiger partial charge in [0.1, 0.15) is 5.82 Å². The van der Waals surface area contributed by atoms with Gasteiger partial charge < -0.3 is 0 Å². The topological polar surface area (TPSA) is 20.3 Å². The monoisotopic (exact) mass is 249 g/mol. The predicted octanol–water partition coefficient (Wildman–Crippen LogP) is 3.19. The number of nitrogens with zero attached hydrogens (tertiary/aromatic N) is 1. The van der Waals surface area contributed by atoms with Crippen LogP contribution < -0.4 is 0 Å². The summed E-state index contributed by atoms with van der Waals surface area (Å²) in [5.41, 5.74) is 1.16. The van der Waals surface area contributed by atoms with E-state index in [1.54, 1.807) is 19.1 Å². The van der Waals surface area contributed by atoms with Gasteiger partial charge in [0.05, 0.1) is 6.54 Å². The fourth-order valence-electron chi connectivity index (χ4n) is 2.41. The molecule has 1 fully saturated rings. The molecule has 1 aliphatic heterocycles. The molecule has 0 unspecified atom stereocenters. The lowest BCUT2D eigenvalue weighted by Crippen LogP contribution is -2.30. The van der Waals surface area contributed by atoms with Crippen molar-refractivity contribution in [2.75, 3.05) is 19.6 Å². The number of halogens is 1. The van der Waals surface area contributed by atoms with E-state index in [4.69, 9.17) is 0 Å². The molecule has 1 heterocycles. The molecule has 3 heteroatoms. The summed E-state index contributed by atoms with van der Waals surface area (Å²) in [4.78, 5) is 14.3. The Balaban J connectivity index is 1.99. The van der Waals surface area contributed by atoms with Gasteiger partial charge >= 0.3 is 0 Å². The van der Waals surface area contributed by atoms with Gasteiger partial charge in [0.2, 0.25) is 0 Å². The van der Waals surface area contributed by atoms with Gasteiger partial charge in [0, 0.05) is 5.56 Å². The van der Waals surface area contributed by atoms with E-state index in [-0.39, 0.29) is 11.6 Å². The smallest absolute Gasteiger partial charge is 0.176 e. The Hall–Kier alpha value is -1.22. The van der Waals surface area contributed by atoms with E-state index >= 15 is 0 Å². The van der Waals surface area contributed by atoms with Gasteiger partial charge in [0.15, 0.2) is 5.78 Å². The molecule has 0 aromatic heterocycles. The second-order valence-corrected chi connectivity index (χ2v) is 5.08. The summed E-state index contributed by atoms with van der Waals surface area (Å²) in [7, 11) is 0. The summed E-state index contributed by atoms with van der Waals surface area (Å²) in [6.07, 6.45) is 4.88. The van der Waals surface area contributed by atoms with E-state index in [9.17, 15) is 9.18 Å². The molecule has 1 aliphatic rings. The molecule has 0 saturated carbocycles. The van der Waals surface area contributed by atoms with Crippen LogP contribution in [0.2, 0.25) is 0 Å². The fraction of sp³-hybridized carbons (Fsp3) is 0.533.